The summed E-state index contributed by atoms with van der Waals surface area (Å²) >= 11 is 31.8. The Morgan fingerprint density at radius 2 is 1.13 bits per heavy atom. The van der Waals surface area contributed by atoms with E-state index in [9.17, 15) is 24.0 Å². The number of rotatable bonds is 18. The molecule has 0 fully saturated rings. The Bertz CT molecular complexity index is 1920. The lowest BCUT2D eigenvalue weighted by Gasteiger charge is -2.20. The molecule has 290 valence electrons. The first-order valence-electron chi connectivity index (χ1n) is 16.5. The molecule has 2 atom stereocenters. The van der Waals surface area contributed by atoms with Crippen molar-refractivity contribution >= 4 is 99.6 Å². The van der Waals surface area contributed by atoms with E-state index in [1.54, 1.807) is 48.5 Å². The van der Waals surface area contributed by atoms with E-state index in [0.717, 1.165) is 16.7 Å². The molecule has 0 aliphatic heterocycles. The van der Waals surface area contributed by atoms with Gasteiger partial charge in [-0.25, -0.2) is 14.4 Å². The zero-order chi connectivity index (χ0) is 39.7. The van der Waals surface area contributed by atoms with Gasteiger partial charge in [0, 0.05) is 17.9 Å². The Kier molecular flexibility index (Phi) is 17.7. The average Bonchev–Trinajstić information content (AvgIpc) is 3.20. The molecule has 0 saturated heterocycles. The molecule has 0 radical (unpaired) electrons. The van der Waals surface area contributed by atoms with Crippen LogP contribution in [0.3, 0.4) is 0 Å². The number of thioether (sulfide) groups is 1. The Balaban J connectivity index is 1.39. The average molecular weight is 870 g/mol. The van der Waals surface area contributed by atoms with Gasteiger partial charge >= 0.3 is 18.0 Å². The Morgan fingerprint density at radius 3 is 1.69 bits per heavy atom. The minimum absolute atomic E-state index is 0.0504. The standard InChI is InChI=1S/C38H34Cl5N3O8S/c39-30-31(40)33(42)35(34(43)32(30)41)54-29(48)18-44-36(49)27(22-55-21-25-14-8-3-9-15-25)45-28(47)17-16-26(37(50)52-19-23-10-4-1-5-11-23)46-38(51)53-20-24-12-6-2-7-13-24/h1-15,26-27H,16-22H2,(H,44,49)(H,45,47)(H,46,51). The van der Waals surface area contributed by atoms with Crippen molar-refractivity contribution in [1.82, 2.24) is 16.0 Å². The summed E-state index contributed by atoms with van der Waals surface area (Å²) in [5.74, 6) is -2.82. The van der Waals surface area contributed by atoms with E-state index in [4.69, 9.17) is 72.2 Å². The maximum atomic E-state index is 13.4. The lowest BCUT2D eigenvalue weighted by Crippen LogP contribution is -2.50. The molecule has 55 heavy (non-hydrogen) atoms. The van der Waals surface area contributed by atoms with E-state index in [0.29, 0.717) is 5.75 Å². The number of carbonyl (C=O) groups excluding carboxylic acids is 5. The lowest BCUT2D eigenvalue weighted by atomic mass is 10.1. The number of amides is 3. The van der Waals surface area contributed by atoms with E-state index >= 15 is 0 Å². The normalized spacial score (nSPS) is 11.8. The zero-order valence-electron chi connectivity index (χ0n) is 28.8. The second kappa shape index (κ2) is 22.4. The second-order valence-corrected chi connectivity index (χ2v) is 14.5. The van der Waals surface area contributed by atoms with Crippen molar-refractivity contribution in [3.8, 4) is 5.75 Å². The molecule has 2 unspecified atom stereocenters. The highest BCUT2D eigenvalue weighted by atomic mass is 35.5. The van der Waals surface area contributed by atoms with Gasteiger partial charge in [-0.2, -0.15) is 11.8 Å². The summed E-state index contributed by atoms with van der Waals surface area (Å²) in [5, 5.41) is 6.55. The Hall–Kier alpha value is -4.17. The van der Waals surface area contributed by atoms with Crippen molar-refractivity contribution in [1.29, 1.82) is 0 Å². The third kappa shape index (κ3) is 14.1. The molecule has 0 aliphatic carbocycles. The first kappa shape index (κ1) is 43.6. The van der Waals surface area contributed by atoms with Crippen molar-refractivity contribution in [3.05, 3.63) is 133 Å². The van der Waals surface area contributed by atoms with Gasteiger partial charge in [0.2, 0.25) is 11.8 Å². The largest absolute Gasteiger partial charge is 0.459 e. The first-order chi connectivity index (χ1) is 26.4. The van der Waals surface area contributed by atoms with Crippen molar-refractivity contribution in [2.24, 2.45) is 0 Å². The number of hydrogen-bond donors (Lipinski definition) is 3. The molecule has 3 amide bonds. The number of hydrogen-bond acceptors (Lipinski definition) is 9. The minimum atomic E-state index is -1.26. The molecular formula is C38H34Cl5N3O8S. The van der Waals surface area contributed by atoms with Gasteiger partial charge in [-0.15, -0.1) is 0 Å². The van der Waals surface area contributed by atoms with Crippen LogP contribution in [0.5, 0.6) is 5.75 Å². The fraction of sp³-hybridized carbons (Fsp3) is 0.237. The summed E-state index contributed by atoms with van der Waals surface area (Å²) in [7, 11) is 0. The van der Waals surface area contributed by atoms with Crippen LogP contribution < -0.4 is 20.7 Å². The molecule has 17 heteroatoms. The third-order valence-electron chi connectivity index (χ3n) is 7.51. The fourth-order valence-corrected chi connectivity index (χ4v) is 6.90. The fourth-order valence-electron chi connectivity index (χ4n) is 4.69. The molecule has 0 saturated carbocycles. The molecule has 0 spiro atoms. The van der Waals surface area contributed by atoms with E-state index < -0.39 is 48.5 Å². The van der Waals surface area contributed by atoms with Crippen LogP contribution >= 0.6 is 69.8 Å². The van der Waals surface area contributed by atoms with Gasteiger partial charge in [0.1, 0.15) is 41.9 Å². The highest BCUT2D eigenvalue weighted by Gasteiger charge is 2.28. The summed E-state index contributed by atoms with van der Waals surface area (Å²) in [6, 6.07) is 24.9. The predicted octanol–water partition coefficient (Wildman–Crippen LogP) is 8.21. The van der Waals surface area contributed by atoms with Gasteiger partial charge in [-0.05, 0) is 23.1 Å². The summed E-state index contributed by atoms with van der Waals surface area (Å²) < 4.78 is 16.0. The van der Waals surface area contributed by atoms with Crippen molar-refractivity contribution < 1.29 is 38.2 Å². The predicted molar refractivity (Wildman–Crippen MR) is 214 cm³/mol. The van der Waals surface area contributed by atoms with Crippen molar-refractivity contribution in [2.75, 3.05) is 12.3 Å². The SMILES string of the molecule is O=C(CCC(NC(=O)OCc1ccccc1)C(=O)OCc1ccccc1)NC(CSCc1ccccc1)C(=O)NCC(=O)Oc1c(Cl)c(Cl)c(Cl)c(Cl)c1Cl. The quantitative estimate of drug-likeness (QED) is 0.0390. The highest BCUT2D eigenvalue weighted by molar-refractivity contribution is 7.98. The number of carbonyl (C=O) groups is 5. The van der Waals surface area contributed by atoms with Gasteiger partial charge < -0.3 is 30.2 Å². The third-order valence-corrected chi connectivity index (χ3v) is 10.9. The van der Waals surface area contributed by atoms with Crippen molar-refractivity contribution in [3.63, 3.8) is 0 Å². The molecule has 3 N–H and O–H groups in total. The Labute approximate surface area is 346 Å². The number of ether oxygens (including phenoxy) is 3. The monoisotopic (exact) mass is 867 g/mol. The highest BCUT2D eigenvalue weighted by Crippen LogP contribution is 2.48. The van der Waals surface area contributed by atoms with Crippen LogP contribution in [0, 0.1) is 0 Å². The number of benzene rings is 4. The van der Waals surface area contributed by atoms with Crippen LogP contribution in [-0.4, -0.2) is 54.2 Å². The number of halogens is 5. The molecule has 4 aromatic rings. The van der Waals surface area contributed by atoms with Crippen LogP contribution in [0.4, 0.5) is 4.79 Å². The number of alkyl carbamates (subject to hydrolysis) is 1. The van der Waals surface area contributed by atoms with Gasteiger partial charge in [0.05, 0.1) is 15.1 Å². The maximum Gasteiger partial charge on any atom is 0.408 e. The summed E-state index contributed by atoms with van der Waals surface area (Å²) in [6.45, 7) is -0.766. The van der Waals surface area contributed by atoms with E-state index in [-0.39, 0.29) is 62.7 Å². The molecule has 11 nitrogen and oxygen atoms in total. The van der Waals surface area contributed by atoms with Crippen LogP contribution in [0.25, 0.3) is 0 Å². The molecule has 0 aromatic heterocycles. The van der Waals surface area contributed by atoms with Gasteiger partial charge in [-0.1, -0.05) is 149 Å². The first-order valence-corrected chi connectivity index (χ1v) is 19.6. The molecular weight excluding hydrogens is 836 g/mol. The zero-order valence-corrected chi connectivity index (χ0v) is 33.4. The van der Waals surface area contributed by atoms with Crippen LogP contribution in [0.2, 0.25) is 25.1 Å². The van der Waals surface area contributed by atoms with E-state index in [2.05, 4.69) is 16.0 Å². The summed E-state index contributed by atoms with van der Waals surface area (Å²) in [4.78, 5) is 65.2. The van der Waals surface area contributed by atoms with Crippen molar-refractivity contribution in [2.45, 2.75) is 43.9 Å². The van der Waals surface area contributed by atoms with Crippen LogP contribution in [0.1, 0.15) is 29.5 Å². The summed E-state index contributed by atoms with van der Waals surface area (Å²) in [5.41, 5.74) is 2.43. The molecule has 0 bridgehead atoms. The topological polar surface area (TPSA) is 149 Å². The minimum Gasteiger partial charge on any atom is -0.459 e. The van der Waals surface area contributed by atoms with Crippen LogP contribution in [-0.2, 0) is 47.6 Å². The number of esters is 2. The molecule has 0 aliphatic rings. The van der Waals surface area contributed by atoms with Crippen LogP contribution in [0.15, 0.2) is 91.0 Å². The van der Waals surface area contributed by atoms with E-state index in [1.807, 2.05) is 42.5 Å². The van der Waals surface area contributed by atoms with Gasteiger partial charge in [-0.3, -0.25) is 9.59 Å². The van der Waals surface area contributed by atoms with E-state index in [1.165, 1.54) is 11.8 Å². The maximum absolute atomic E-state index is 13.4. The Morgan fingerprint density at radius 1 is 0.618 bits per heavy atom. The van der Waals surface area contributed by atoms with Gasteiger partial charge in [0.15, 0.2) is 5.75 Å². The second-order valence-electron chi connectivity index (χ2n) is 11.6. The molecule has 4 aromatic carbocycles. The molecule has 0 heterocycles. The van der Waals surface area contributed by atoms with Gasteiger partial charge in [0.25, 0.3) is 0 Å². The number of nitrogens with one attached hydrogen (secondary N) is 3. The lowest BCUT2D eigenvalue weighted by molar-refractivity contribution is -0.147. The molecule has 4 rings (SSSR count). The summed E-state index contributed by atoms with van der Waals surface area (Å²) in [6.07, 6.45) is -1.38. The smallest absolute Gasteiger partial charge is 0.408 e.